The Balaban J connectivity index is 2.52. The average molecular weight is 206 g/mol. The Morgan fingerprint density at radius 3 is 3.09 bits per heavy atom. The topological polar surface area (TPSA) is 3.24 Å². The van der Waals surface area contributed by atoms with E-state index in [9.17, 15) is 0 Å². The van der Waals surface area contributed by atoms with Crippen LogP contribution in [0.25, 0.3) is 0 Å². The minimum Gasteiger partial charge on any atom is -0.274 e. The molecule has 0 spiro atoms. The first-order chi connectivity index (χ1) is 5.27. The van der Waals surface area contributed by atoms with Gasteiger partial charge in [-0.1, -0.05) is 11.6 Å². The third-order valence-corrected chi connectivity index (χ3v) is 3.24. The molecule has 58 valence electrons. The van der Waals surface area contributed by atoms with Crippen molar-refractivity contribution >= 4 is 40.8 Å². The number of nitrogens with zero attached hydrogens (tertiary/aromatic N) is 1. The van der Waals surface area contributed by atoms with Gasteiger partial charge < -0.3 is 0 Å². The summed E-state index contributed by atoms with van der Waals surface area (Å²) in [6, 6.07) is 5.75. The zero-order chi connectivity index (χ0) is 7.84. The third-order valence-electron chi connectivity index (χ3n) is 1.52. The number of hydrogen-bond acceptors (Lipinski definition) is 2. The van der Waals surface area contributed by atoms with Crippen LogP contribution in [0.2, 0.25) is 5.02 Å². The molecule has 1 aliphatic heterocycles. The maximum atomic E-state index is 5.87. The van der Waals surface area contributed by atoms with E-state index in [2.05, 4.69) is 0 Å². The zero-order valence-electron chi connectivity index (χ0n) is 5.55. The predicted octanol–water partition coefficient (Wildman–Crippen LogP) is 3.36. The van der Waals surface area contributed by atoms with Crippen LogP contribution >= 0.6 is 35.1 Å². The molecule has 1 heterocycles. The highest BCUT2D eigenvalue weighted by molar-refractivity contribution is 8.00. The van der Waals surface area contributed by atoms with Crippen LogP contribution in [0.1, 0.15) is 0 Å². The summed E-state index contributed by atoms with van der Waals surface area (Å²) in [5.74, 6) is 0.803. The van der Waals surface area contributed by atoms with Crippen molar-refractivity contribution in [3.8, 4) is 0 Å². The summed E-state index contributed by atoms with van der Waals surface area (Å²) in [6.45, 7) is 0. The molecule has 0 radical (unpaired) electrons. The fraction of sp³-hybridized carbons (Fsp3) is 0.143. The van der Waals surface area contributed by atoms with E-state index in [1.807, 2.05) is 18.2 Å². The molecule has 0 saturated carbocycles. The lowest BCUT2D eigenvalue weighted by Crippen LogP contribution is -2.01. The van der Waals surface area contributed by atoms with E-state index < -0.39 is 0 Å². The second-order valence-electron chi connectivity index (χ2n) is 2.25. The van der Waals surface area contributed by atoms with Crippen LogP contribution in [0.5, 0.6) is 0 Å². The van der Waals surface area contributed by atoms with Gasteiger partial charge in [0, 0.05) is 21.7 Å². The summed E-state index contributed by atoms with van der Waals surface area (Å²) < 4.78 is 1.67. The third kappa shape index (κ3) is 1.31. The Bertz CT molecular complexity index is 290. The lowest BCUT2D eigenvalue weighted by atomic mass is 10.3. The van der Waals surface area contributed by atoms with Crippen molar-refractivity contribution in [1.29, 1.82) is 0 Å². The highest BCUT2D eigenvalue weighted by Crippen LogP contribution is 2.40. The second kappa shape index (κ2) is 2.77. The highest BCUT2D eigenvalue weighted by Gasteiger charge is 2.17. The normalized spacial score (nSPS) is 15.3. The molecule has 2 rings (SSSR count). The van der Waals surface area contributed by atoms with Gasteiger partial charge in [0.25, 0.3) is 0 Å². The molecule has 0 unspecified atom stereocenters. The van der Waals surface area contributed by atoms with E-state index in [1.165, 1.54) is 4.90 Å². The van der Waals surface area contributed by atoms with Gasteiger partial charge in [-0.15, -0.1) is 11.8 Å². The van der Waals surface area contributed by atoms with Crippen LogP contribution in [0.3, 0.4) is 0 Å². The second-order valence-corrected chi connectivity index (χ2v) is 4.08. The number of rotatable bonds is 0. The Labute approximate surface area is 79.4 Å². The van der Waals surface area contributed by atoms with E-state index >= 15 is 0 Å². The number of benzene rings is 1. The molecule has 0 N–H and O–H groups in total. The maximum Gasteiger partial charge on any atom is 0.0851 e. The fourth-order valence-electron chi connectivity index (χ4n) is 0.998. The Kier molecular flexibility index (Phi) is 1.91. The van der Waals surface area contributed by atoms with E-state index in [0.717, 1.165) is 16.6 Å². The van der Waals surface area contributed by atoms with Gasteiger partial charge in [0.2, 0.25) is 0 Å². The van der Waals surface area contributed by atoms with Crippen LogP contribution in [-0.4, -0.2) is 5.88 Å². The maximum absolute atomic E-state index is 5.87. The quantitative estimate of drug-likeness (QED) is 0.598. The molecule has 0 bridgehead atoms. The Morgan fingerprint density at radius 1 is 1.45 bits per heavy atom. The summed E-state index contributed by atoms with van der Waals surface area (Å²) in [7, 11) is 0. The lowest BCUT2D eigenvalue weighted by Gasteiger charge is -2.05. The van der Waals surface area contributed by atoms with Crippen LogP contribution < -0.4 is 4.42 Å². The van der Waals surface area contributed by atoms with Gasteiger partial charge in [0.1, 0.15) is 0 Å². The molecule has 0 aliphatic carbocycles. The van der Waals surface area contributed by atoms with Crippen LogP contribution in [0, 0.1) is 0 Å². The van der Waals surface area contributed by atoms with Crippen LogP contribution in [-0.2, 0) is 0 Å². The average Bonchev–Trinajstić information content (AvgIpc) is 2.33. The smallest absolute Gasteiger partial charge is 0.0851 e. The first-order valence-electron chi connectivity index (χ1n) is 3.13. The Hall–Kier alpha value is -0.0500. The molecule has 0 fully saturated rings. The van der Waals surface area contributed by atoms with Crippen LogP contribution in [0.4, 0.5) is 5.69 Å². The van der Waals surface area contributed by atoms with Gasteiger partial charge in [-0.2, -0.15) is 0 Å². The number of halogens is 2. The minimum atomic E-state index is 0.733. The molecule has 1 aliphatic rings. The van der Waals surface area contributed by atoms with Gasteiger partial charge >= 0.3 is 0 Å². The van der Waals surface area contributed by atoms with Crippen molar-refractivity contribution in [2.45, 2.75) is 4.90 Å². The molecule has 1 nitrogen and oxygen atoms in total. The molecule has 1 aromatic carbocycles. The lowest BCUT2D eigenvalue weighted by molar-refractivity contribution is 1.29. The molecular formula is C7H5Cl2NS. The van der Waals surface area contributed by atoms with Gasteiger partial charge in [-0.25, -0.2) is 0 Å². The number of hydrogen-bond donors (Lipinski definition) is 0. The predicted molar refractivity (Wildman–Crippen MR) is 50.5 cm³/mol. The summed E-state index contributed by atoms with van der Waals surface area (Å²) >= 11 is 13.4. The van der Waals surface area contributed by atoms with Crippen molar-refractivity contribution in [2.75, 3.05) is 10.3 Å². The van der Waals surface area contributed by atoms with Crippen molar-refractivity contribution in [3.05, 3.63) is 23.2 Å². The number of fused-ring (bicyclic) bond motifs is 1. The summed E-state index contributed by atoms with van der Waals surface area (Å²) in [5, 5.41) is 0.733. The van der Waals surface area contributed by atoms with E-state index in [-0.39, 0.29) is 0 Å². The highest BCUT2D eigenvalue weighted by atomic mass is 35.5. The zero-order valence-corrected chi connectivity index (χ0v) is 7.88. The van der Waals surface area contributed by atoms with Gasteiger partial charge in [0.15, 0.2) is 0 Å². The summed E-state index contributed by atoms with van der Waals surface area (Å²) in [6.07, 6.45) is 0. The molecular weight excluding hydrogens is 201 g/mol. The van der Waals surface area contributed by atoms with Crippen molar-refractivity contribution in [3.63, 3.8) is 0 Å². The van der Waals surface area contributed by atoms with Crippen molar-refractivity contribution < 1.29 is 0 Å². The number of anilines is 1. The first kappa shape index (κ1) is 7.59. The van der Waals surface area contributed by atoms with Crippen molar-refractivity contribution in [1.82, 2.24) is 0 Å². The molecule has 0 aromatic heterocycles. The Morgan fingerprint density at radius 2 is 2.27 bits per heavy atom. The van der Waals surface area contributed by atoms with Gasteiger partial charge in [0.05, 0.1) is 11.6 Å². The summed E-state index contributed by atoms with van der Waals surface area (Å²) in [5.41, 5.74) is 1.02. The van der Waals surface area contributed by atoms with Crippen LogP contribution in [0.15, 0.2) is 23.1 Å². The molecule has 0 atom stereocenters. The SMILES string of the molecule is Clc1ccc2c(c1)N(Cl)CS2. The standard InChI is InChI=1S/C7H5Cl2NS/c8-5-1-2-7-6(3-5)10(9)4-11-7/h1-3H,4H2. The monoisotopic (exact) mass is 205 g/mol. The minimum absolute atomic E-state index is 0.733. The largest absolute Gasteiger partial charge is 0.274 e. The van der Waals surface area contributed by atoms with Gasteiger partial charge in [-0.05, 0) is 18.2 Å². The fourth-order valence-corrected chi connectivity index (χ4v) is 2.37. The van der Waals surface area contributed by atoms with Gasteiger partial charge in [-0.3, -0.25) is 4.42 Å². The van der Waals surface area contributed by atoms with E-state index in [4.69, 9.17) is 23.4 Å². The first-order valence-corrected chi connectivity index (χ1v) is 4.83. The molecule has 4 heteroatoms. The molecule has 11 heavy (non-hydrogen) atoms. The molecule has 0 saturated heterocycles. The van der Waals surface area contributed by atoms with E-state index in [0.29, 0.717) is 0 Å². The molecule has 1 aromatic rings. The van der Waals surface area contributed by atoms with Crippen molar-refractivity contribution in [2.24, 2.45) is 0 Å². The number of thioether (sulfide) groups is 1. The van der Waals surface area contributed by atoms with E-state index in [1.54, 1.807) is 16.2 Å². The summed E-state index contributed by atoms with van der Waals surface area (Å²) in [4.78, 5) is 1.20. The molecule has 0 amide bonds.